The van der Waals surface area contributed by atoms with Crippen LogP contribution in [-0.4, -0.2) is 54.8 Å². The number of amides is 1. The van der Waals surface area contributed by atoms with E-state index in [-0.39, 0.29) is 16.3 Å². The number of carbonyl (C=O) groups is 2. The molecule has 0 saturated heterocycles. The van der Waals surface area contributed by atoms with Crippen LogP contribution in [0.2, 0.25) is 0 Å². The molecule has 144 valence electrons. The van der Waals surface area contributed by atoms with Crippen LogP contribution in [0.15, 0.2) is 41.6 Å². The molecule has 1 heterocycles. The number of carbonyl (C=O) groups excluding carboxylic acids is 2. The zero-order valence-electron chi connectivity index (χ0n) is 15.3. The fraction of sp³-hybridized carbons (Fsp3) is 0.294. The first-order valence-corrected chi connectivity index (χ1v) is 9.38. The van der Waals surface area contributed by atoms with Crippen LogP contribution in [0.5, 0.6) is 0 Å². The number of nitrogens with zero attached hydrogens (tertiary/aromatic N) is 3. The van der Waals surface area contributed by atoms with Crippen molar-refractivity contribution < 1.29 is 22.7 Å². The van der Waals surface area contributed by atoms with Gasteiger partial charge in [0.05, 0.1) is 16.8 Å². The lowest BCUT2D eigenvalue weighted by Gasteiger charge is -2.15. The number of ether oxygens (including phenoxy) is 1. The van der Waals surface area contributed by atoms with Crippen LogP contribution in [0, 0.1) is 6.92 Å². The summed E-state index contributed by atoms with van der Waals surface area (Å²) in [6.45, 7) is 3.12. The van der Waals surface area contributed by atoms with E-state index >= 15 is 0 Å². The van der Waals surface area contributed by atoms with Crippen LogP contribution in [0.1, 0.15) is 23.1 Å². The van der Waals surface area contributed by atoms with Crippen molar-refractivity contribution in [1.82, 2.24) is 14.3 Å². The Morgan fingerprint density at radius 3 is 2.48 bits per heavy atom. The summed E-state index contributed by atoms with van der Waals surface area (Å²) in [6, 6.07) is 5.79. The number of anilines is 1. The maximum Gasteiger partial charge on any atom is 0.359 e. The standard InChI is InChI=1S/C17H20N4O5S/c1-11-9-19-15(10-18-11)17(23)26-12(2)16(22)20-13-6-5-7-14(8-13)27(24,25)21(3)4/h5-10,12H,1-4H3,(H,20,22)/t12-/m0/s1. The Balaban J connectivity index is 2.06. The number of hydrogen-bond donors (Lipinski definition) is 1. The molecule has 0 unspecified atom stereocenters. The van der Waals surface area contributed by atoms with Gasteiger partial charge < -0.3 is 10.1 Å². The third-order valence-corrected chi connectivity index (χ3v) is 5.33. The number of rotatable bonds is 6. The zero-order chi connectivity index (χ0) is 20.2. The van der Waals surface area contributed by atoms with Crippen molar-refractivity contribution in [2.24, 2.45) is 0 Å². The van der Waals surface area contributed by atoms with E-state index in [9.17, 15) is 18.0 Å². The summed E-state index contributed by atoms with van der Waals surface area (Å²) in [5.41, 5.74) is 0.894. The summed E-state index contributed by atoms with van der Waals surface area (Å²) in [4.78, 5) is 32.1. The van der Waals surface area contributed by atoms with Crippen molar-refractivity contribution in [3.05, 3.63) is 48.0 Å². The highest BCUT2D eigenvalue weighted by atomic mass is 32.2. The molecule has 0 aliphatic carbocycles. The summed E-state index contributed by atoms with van der Waals surface area (Å²) in [6.07, 6.45) is 1.56. The third-order valence-electron chi connectivity index (χ3n) is 3.52. The van der Waals surface area contributed by atoms with Crippen LogP contribution >= 0.6 is 0 Å². The number of nitrogens with one attached hydrogen (secondary N) is 1. The Morgan fingerprint density at radius 2 is 1.89 bits per heavy atom. The summed E-state index contributed by atoms with van der Waals surface area (Å²) in [5.74, 6) is -1.39. The van der Waals surface area contributed by atoms with E-state index in [0.29, 0.717) is 5.69 Å². The van der Waals surface area contributed by atoms with Gasteiger partial charge >= 0.3 is 5.97 Å². The Kier molecular flexibility index (Phi) is 6.24. The molecule has 1 atom stereocenters. The molecule has 0 spiro atoms. The van der Waals surface area contributed by atoms with E-state index < -0.39 is 28.0 Å². The van der Waals surface area contributed by atoms with Crippen molar-refractivity contribution >= 4 is 27.6 Å². The highest BCUT2D eigenvalue weighted by molar-refractivity contribution is 7.89. The second kappa shape index (κ2) is 8.23. The predicted octanol–water partition coefficient (Wildman–Crippen LogP) is 1.22. The van der Waals surface area contributed by atoms with Gasteiger partial charge in [-0.1, -0.05) is 6.07 Å². The minimum Gasteiger partial charge on any atom is -0.448 e. The zero-order valence-corrected chi connectivity index (χ0v) is 16.1. The number of sulfonamides is 1. The average molecular weight is 392 g/mol. The number of aromatic nitrogens is 2. The smallest absolute Gasteiger partial charge is 0.359 e. The molecule has 1 amide bonds. The number of hydrogen-bond acceptors (Lipinski definition) is 7. The van der Waals surface area contributed by atoms with E-state index in [0.717, 1.165) is 4.31 Å². The SMILES string of the molecule is Cc1cnc(C(=O)O[C@@H](C)C(=O)Nc2cccc(S(=O)(=O)N(C)C)c2)cn1. The van der Waals surface area contributed by atoms with E-state index in [1.54, 1.807) is 6.92 Å². The highest BCUT2D eigenvalue weighted by Gasteiger charge is 2.21. The molecule has 0 radical (unpaired) electrons. The van der Waals surface area contributed by atoms with E-state index in [1.807, 2.05) is 0 Å². The van der Waals surface area contributed by atoms with Gasteiger partial charge in [-0.05, 0) is 32.0 Å². The Labute approximate surface area is 157 Å². The molecule has 1 aromatic carbocycles. The van der Waals surface area contributed by atoms with Crippen LogP contribution in [0.3, 0.4) is 0 Å². The number of esters is 1. The van der Waals surface area contributed by atoms with E-state index in [4.69, 9.17) is 4.74 Å². The number of benzene rings is 1. The van der Waals surface area contributed by atoms with Gasteiger partial charge in [-0.3, -0.25) is 9.78 Å². The third kappa shape index (κ3) is 5.08. The minimum atomic E-state index is -3.63. The minimum absolute atomic E-state index is 0.0145. The van der Waals surface area contributed by atoms with Crippen LogP contribution in [0.25, 0.3) is 0 Å². The van der Waals surface area contributed by atoms with Crippen molar-refractivity contribution in [3.8, 4) is 0 Å². The van der Waals surface area contributed by atoms with E-state index in [1.165, 1.54) is 57.7 Å². The van der Waals surface area contributed by atoms with Crippen LogP contribution in [-0.2, 0) is 19.6 Å². The Hall–Kier alpha value is -2.85. The monoisotopic (exact) mass is 392 g/mol. The maximum atomic E-state index is 12.2. The lowest BCUT2D eigenvalue weighted by Crippen LogP contribution is -2.30. The number of aryl methyl sites for hydroxylation is 1. The van der Waals surface area contributed by atoms with Gasteiger partial charge in [-0.2, -0.15) is 0 Å². The largest absolute Gasteiger partial charge is 0.448 e. The van der Waals surface area contributed by atoms with Crippen molar-refractivity contribution in [2.45, 2.75) is 24.8 Å². The molecule has 9 nitrogen and oxygen atoms in total. The van der Waals surface area contributed by atoms with Gasteiger partial charge in [0.15, 0.2) is 11.8 Å². The topological polar surface area (TPSA) is 119 Å². The molecular formula is C17H20N4O5S. The lowest BCUT2D eigenvalue weighted by atomic mass is 10.3. The molecule has 27 heavy (non-hydrogen) atoms. The molecule has 1 N–H and O–H groups in total. The Bertz CT molecular complexity index is 942. The highest BCUT2D eigenvalue weighted by Crippen LogP contribution is 2.18. The summed E-state index contributed by atoms with van der Waals surface area (Å²) in [7, 11) is -0.807. The molecule has 2 aromatic rings. The van der Waals surface area contributed by atoms with Gasteiger partial charge in [0, 0.05) is 26.0 Å². The van der Waals surface area contributed by atoms with Crippen molar-refractivity contribution in [3.63, 3.8) is 0 Å². The second-order valence-electron chi connectivity index (χ2n) is 5.90. The lowest BCUT2D eigenvalue weighted by molar-refractivity contribution is -0.123. The molecule has 0 aliphatic rings. The van der Waals surface area contributed by atoms with Crippen LogP contribution < -0.4 is 5.32 Å². The fourth-order valence-electron chi connectivity index (χ4n) is 1.96. The summed E-state index contributed by atoms with van der Waals surface area (Å²) in [5, 5.41) is 2.52. The molecule has 0 aliphatic heterocycles. The molecule has 2 rings (SSSR count). The molecule has 0 bridgehead atoms. The maximum absolute atomic E-state index is 12.2. The van der Waals surface area contributed by atoms with Gasteiger partial charge in [-0.15, -0.1) is 0 Å². The molecular weight excluding hydrogens is 372 g/mol. The predicted molar refractivity (Wildman–Crippen MR) is 97.6 cm³/mol. The fourth-order valence-corrected chi connectivity index (χ4v) is 2.91. The van der Waals surface area contributed by atoms with Crippen molar-refractivity contribution in [2.75, 3.05) is 19.4 Å². The Morgan fingerprint density at radius 1 is 1.19 bits per heavy atom. The molecule has 10 heteroatoms. The molecule has 1 aromatic heterocycles. The second-order valence-corrected chi connectivity index (χ2v) is 8.05. The average Bonchev–Trinajstić information content (AvgIpc) is 2.62. The van der Waals surface area contributed by atoms with Gasteiger partial charge in [0.1, 0.15) is 0 Å². The van der Waals surface area contributed by atoms with Gasteiger partial charge in [-0.25, -0.2) is 22.5 Å². The molecule has 0 saturated carbocycles. The first kappa shape index (κ1) is 20.5. The summed E-state index contributed by atoms with van der Waals surface area (Å²) < 4.78 is 30.5. The normalized spacial score (nSPS) is 12.5. The van der Waals surface area contributed by atoms with Gasteiger partial charge in [0.25, 0.3) is 5.91 Å². The first-order valence-electron chi connectivity index (χ1n) is 7.94. The van der Waals surface area contributed by atoms with Crippen molar-refractivity contribution in [1.29, 1.82) is 0 Å². The van der Waals surface area contributed by atoms with E-state index in [2.05, 4.69) is 15.3 Å². The summed E-state index contributed by atoms with van der Waals surface area (Å²) >= 11 is 0. The first-order chi connectivity index (χ1) is 12.6. The van der Waals surface area contributed by atoms with Gasteiger partial charge in [0.2, 0.25) is 10.0 Å². The quantitative estimate of drug-likeness (QED) is 0.734. The van der Waals surface area contributed by atoms with Crippen LogP contribution in [0.4, 0.5) is 5.69 Å². The molecule has 0 fully saturated rings.